The van der Waals surface area contributed by atoms with Gasteiger partial charge in [-0.1, -0.05) is 17.7 Å². The highest BCUT2D eigenvalue weighted by molar-refractivity contribution is 6.31. The Bertz CT molecular complexity index is 552. The molecule has 3 N–H and O–H groups in total. The van der Waals surface area contributed by atoms with Crippen molar-refractivity contribution in [3.05, 3.63) is 46.6 Å². The van der Waals surface area contributed by atoms with E-state index in [1.165, 1.54) is 0 Å². The first-order valence-corrected chi connectivity index (χ1v) is 5.70. The van der Waals surface area contributed by atoms with Crippen LogP contribution in [0.5, 0.6) is 0 Å². The highest BCUT2D eigenvalue weighted by Crippen LogP contribution is 2.27. The summed E-state index contributed by atoms with van der Waals surface area (Å²) in [5.74, 6) is 0.654. The fourth-order valence-corrected chi connectivity index (χ4v) is 1.74. The number of rotatable bonds is 2. The molecule has 0 aliphatic heterocycles. The Kier molecular flexibility index (Phi) is 3.20. The number of hydrogen-bond donors (Lipinski definition) is 2. The van der Waals surface area contributed by atoms with Crippen LogP contribution in [0.2, 0.25) is 5.02 Å². The van der Waals surface area contributed by atoms with Crippen LogP contribution in [-0.4, -0.2) is 4.98 Å². The standard InChI is InChI=1S/C13H14ClN3/c1-8-6-11(15)13(16-7-8)17-12-5-3-4-10(14)9(12)2/h3-7H,15H2,1-2H3,(H,16,17). The molecule has 88 valence electrons. The molecule has 1 heterocycles. The third-order valence-corrected chi connectivity index (χ3v) is 2.98. The number of nitrogen functional groups attached to an aromatic ring is 1. The average molecular weight is 248 g/mol. The second-order valence-electron chi connectivity index (χ2n) is 3.99. The van der Waals surface area contributed by atoms with Gasteiger partial charge in [0.2, 0.25) is 0 Å². The highest BCUT2D eigenvalue weighted by Gasteiger charge is 2.05. The number of hydrogen-bond acceptors (Lipinski definition) is 3. The maximum atomic E-state index is 6.05. The predicted octanol–water partition coefficient (Wildman–Crippen LogP) is 3.68. The van der Waals surface area contributed by atoms with Crippen LogP contribution in [0, 0.1) is 13.8 Å². The predicted molar refractivity (Wildman–Crippen MR) is 72.9 cm³/mol. The van der Waals surface area contributed by atoms with Crippen LogP contribution in [0.15, 0.2) is 30.5 Å². The number of aryl methyl sites for hydroxylation is 1. The molecule has 17 heavy (non-hydrogen) atoms. The van der Waals surface area contributed by atoms with Crippen molar-refractivity contribution in [2.75, 3.05) is 11.1 Å². The van der Waals surface area contributed by atoms with Gasteiger partial charge < -0.3 is 11.1 Å². The molecule has 4 heteroatoms. The van der Waals surface area contributed by atoms with Crippen molar-refractivity contribution >= 4 is 28.8 Å². The van der Waals surface area contributed by atoms with Crippen molar-refractivity contribution in [2.24, 2.45) is 0 Å². The Balaban J connectivity index is 2.35. The molecular weight excluding hydrogens is 234 g/mol. The maximum Gasteiger partial charge on any atom is 0.153 e. The second-order valence-corrected chi connectivity index (χ2v) is 4.40. The minimum atomic E-state index is 0.629. The first kappa shape index (κ1) is 11.7. The minimum absolute atomic E-state index is 0.629. The average Bonchev–Trinajstić information content (AvgIpc) is 2.28. The van der Waals surface area contributed by atoms with Crippen molar-refractivity contribution in [3.8, 4) is 0 Å². The normalized spacial score (nSPS) is 10.3. The second kappa shape index (κ2) is 4.63. The Morgan fingerprint density at radius 2 is 2.06 bits per heavy atom. The van der Waals surface area contributed by atoms with E-state index in [1.807, 2.05) is 38.1 Å². The third kappa shape index (κ3) is 2.50. The number of benzene rings is 1. The summed E-state index contributed by atoms with van der Waals surface area (Å²) in [5.41, 5.74) is 9.47. The monoisotopic (exact) mass is 247 g/mol. The lowest BCUT2D eigenvalue weighted by Gasteiger charge is -2.11. The summed E-state index contributed by atoms with van der Waals surface area (Å²) in [4.78, 5) is 4.26. The molecule has 3 nitrogen and oxygen atoms in total. The van der Waals surface area contributed by atoms with Gasteiger partial charge in [-0.2, -0.15) is 0 Å². The molecule has 0 saturated carbocycles. The molecule has 2 aromatic rings. The van der Waals surface area contributed by atoms with Crippen molar-refractivity contribution in [3.63, 3.8) is 0 Å². The third-order valence-electron chi connectivity index (χ3n) is 2.57. The van der Waals surface area contributed by atoms with E-state index >= 15 is 0 Å². The molecule has 2 rings (SSSR count). The fraction of sp³-hybridized carbons (Fsp3) is 0.154. The lowest BCUT2D eigenvalue weighted by molar-refractivity contribution is 1.26. The summed E-state index contributed by atoms with van der Waals surface area (Å²) < 4.78 is 0. The van der Waals surface area contributed by atoms with Crippen molar-refractivity contribution in [2.45, 2.75) is 13.8 Å². The Labute approximate surface area is 106 Å². The molecule has 0 radical (unpaired) electrons. The summed E-state index contributed by atoms with van der Waals surface area (Å²) in [6.45, 7) is 3.91. The lowest BCUT2D eigenvalue weighted by atomic mass is 10.2. The van der Waals surface area contributed by atoms with Crippen LogP contribution in [0.3, 0.4) is 0 Å². The zero-order chi connectivity index (χ0) is 12.4. The van der Waals surface area contributed by atoms with Gasteiger partial charge in [-0.3, -0.25) is 0 Å². The summed E-state index contributed by atoms with van der Waals surface area (Å²) >= 11 is 6.05. The van der Waals surface area contributed by atoms with Crippen molar-refractivity contribution in [1.82, 2.24) is 4.98 Å². The van der Waals surface area contributed by atoms with E-state index in [0.717, 1.165) is 21.8 Å². The quantitative estimate of drug-likeness (QED) is 0.851. The summed E-state index contributed by atoms with van der Waals surface area (Å²) in [6, 6.07) is 7.58. The van der Waals surface area contributed by atoms with E-state index in [9.17, 15) is 0 Å². The lowest BCUT2D eigenvalue weighted by Crippen LogP contribution is -2.00. The van der Waals surface area contributed by atoms with Crippen LogP contribution in [-0.2, 0) is 0 Å². The zero-order valence-electron chi connectivity index (χ0n) is 9.79. The topological polar surface area (TPSA) is 50.9 Å². The van der Waals surface area contributed by atoms with Crippen LogP contribution in [0.25, 0.3) is 0 Å². The number of pyridine rings is 1. The molecule has 0 atom stereocenters. The zero-order valence-corrected chi connectivity index (χ0v) is 10.5. The van der Waals surface area contributed by atoms with Crippen LogP contribution >= 0.6 is 11.6 Å². The van der Waals surface area contributed by atoms with Crippen molar-refractivity contribution < 1.29 is 0 Å². The molecule has 0 unspecified atom stereocenters. The Hall–Kier alpha value is -1.74. The SMILES string of the molecule is Cc1cnc(Nc2cccc(Cl)c2C)c(N)c1. The summed E-state index contributed by atoms with van der Waals surface area (Å²) in [6.07, 6.45) is 1.78. The van der Waals surface area contributed by atoms with Gasteiger partial charge in [0.25, 0.3) is 0 Å². The first-order valence-electron chi connectivity index (χ1n) is 5.32. The molecule has 0 bridgehead atoms. The Morgan fingerprint density at radius 3 is 2.76 bits per heavy atom. The van der Waals surface area contributed by atoms with Crippen LogP contribution < -0.4 is 11.1 Å². The fourth-order valence-electron chi connectivity index (χ4n) is 1.57. The molecule has 1 aromatic heterocycles. The van der Waals surface area contributed by atoms with Crippen molar-refractivity contribution in [1.29, 1.82) is 0 Å². The number of nitrogens with one attached hydrogen (secondary N) is 1. The van der Waals surface area contributed by atoms with Gasteiger partial charge >= 0.3 is 0 Å². The van der Waals surface area contributed by atoms with Gasteiger partial charge in [-0.05, 0) is 43.2 Å². The van der Waals surface area contributed by atoms with E-state index in [-0.39, 0.29) is 0 Å². The van der Waals surface area contributed by atoms with Gasteiger partial charge in [-0.25, -0.2) is 4.98 Å². The maximum absolute atomic E-state index is 6.05. The largest absolute Gasteiger partial charge is 0.396 e. The van der Waals surface area contributed by atoms with Gasteiger partial charge in [0.15, 0.2) is 5.82 Å². The molecule has 1 aromatic carbocycles. The van der Waals surface area contributed by atoms with Crippen LogP contribution in [0.4, 0.5) is 17.2 Å². The molecular formula is C13H14ClN3. The highest BCUT2D eigenvalue weighted by atomic mass is 35.5. The van der Waals surface area contributed by atoms with E-state index in [2.05, 4.69) is 10.3 Å². The molecule has 0 saturated heterocycles. The van der Waals surface area contributed by atoms with Gasteiger partial charge in [0.05, 0.1) is 5.69 Å². The van der Waals surface area contributed by atoms with E-state index in [4.69, 9.17) is 17.3 Å². The molecule has 0 aliphatic rings. The molecule has 0 fully saturated rings. The number of aromatic nitrogens is 1. The molecule has 0 aliphatic carbocycles. The van der Waals surface area contributed by atoms with Gasteiger partial charge in [-0.15, -0.1) is 0 Å². The summed E-state index contributed by atoms with van der Waals surface area (Å²) in [5, 5.41) is 3.91. The van der Waals surface area contributed by atoms with Crippen LogP contribution in [0.1, 0.15) is 11.1 Å². The minimum Gasteiger partial charge on any atom is -0.396 e. The smallest absolute Gasteiger partial charge is 0.153 e. The molecule has 0 spiro atoms. The van der Waals surface area contributed by atoms with E-state index in [1.54, 1.807) is 6.20 Å². The molecule has 0 amide bonds. The van der Waals surface area contributed by atoms with E-state index < -0.39 is 0 Å². The summed E-state index contributed by atoms with van der Waals surface area (Å²) in [7, 11) is 0. The number of nitrogens with two attached hydrogens (primary N) is 1. The first-order chi connectivity index (χ1) is 8.08. The van der Waals surface area contributed by atoms with Gasteiger partial charge in [0, 0.05) is 16.9 Å². The number of halogens is 1. The van der Waals surface area contributed by atoms with Gasteiger partial charge in [0.1, 0.15) is 0 Å². The number of nitrogens with zero attached hydrogens (tertiary/aromatic N) is 1. The van der Waals surface area contributed by atoms with E-state index in [0.29, 0.717) is 11.5 Å². The Morgan fingerprint density at radius 1 is 1.29 bits per heavy atom. The number of anilines is 3.